The summed E-state index contributed by atoms with van der Waals surface area (Å²) in [6.07, 6.45) is -4.97. The standard InChI is InChI=1S/C22H15F5O5S/c1-32-21(29)17-4-2-12(6-20(17)28)11-33(30,31)16-8-13(7-14(9-16)22(25,26)27)18-10-15(23)3-5-19(18)24/h2-10,28H,11H2,1H3. The Hall–Kier alpha value is -3.47. The number of methoxy groups -OCH3 is 1. The molecule has 5 nitrogen and oxygen atoms in total. The van der Waals surface area contributed by atoms with Crippen LogP contribution in [0.4, 0.5) is 22.0 Å². The van der Waals surface area contributed by atoms with E-state index in [1.165, 1.54) is 6.07 Å². The van der Waals surface area contributed by atoms with Gasteiger partial charge in [0.2, 0.25) is 0 Å². The second kappa shape index (κ2) is 8.81. The van der Waals surface area contributed by atoms with Gasteiger partial charge in [0.15, 0.2) is 9.84 Å². The van der Waals surface area contributed by atoms with Gasteiger partial charge in [-0.3, -0.25) is 0 Å². The van der Waals surface area contributed by atoms with Gasteiger partial charge in [0, 0.05) is 5.56 Å². The number of ether oxygens (including phenoxy) is 1. The molecule has 3 aromatic carbocycles. The molecule has 33 heavy (non-hydrogen) atoms. The Morgan fingerprint density at radius 3 is 2.30 bits per heavy atom. The lowest BCUT2D eigenvalue weighted by molar-refractivity contribution is -0.137. The van der Waals surface area contributed by atoms with Crippen molar-refractivity contribution in [3.05, 3.63) is 82.9 Å². The van der Waals surface area contributed by atoms with Gasteiger partial charge in [-0.1, -0.05) is 6.07 Å². The predicted octanol–water partition coefficient (Wildman–Crippen LogP) is 5.12. The molecule has 0 aliphatic carbocycles. The van der Waals surface area contributed by atoms with Crippen molar-refractivity contribution in [3.8, 4) is 16.9 Å². The topological polar surface area (TPSA) is 80.7 Å². The molecule has 3 rings (SSSR count). The second-order valence-corrected chi connectivity index (χ2v) is 8.96. The van der Waals surface area contributed by atoms with Crippen molar-refractivity contribution < 1.29 is 45.0 Å². The van der Waals surface area contributed by atoms with E-state index < -0.39 is 66.7 Å². The van der Waals surface area contributed by atoms with Crippen molar-refractivity contribution >= 4 is 15.8 Å². The van der Waals surface area contributed by atoms with Crippen molar-refractivity contribution in [2.24, 2.45) is 0 Å². The van der Waals surface area contributed by atoms with Gasteiger partial charge in [0.05, 0.1) is 23.3 Å². The number of alkyl halides is 3. The van der Waals surface area contributed by atoms with E-state index in [9.17, 15) is 40.3 Å². The summed E-state index contributed by atoms with van der Waals surface area (Å²) in [5.41, 5.74) is -2.66. The number of phenolic OH excluding ortho intramolecular Hbond substituents is 1. The number of hydrogen-bond donors (Lipinski definition) is 1. The number of halogens is 5. The molecule has 11 heteroatoms. The molecular formula is C22H15F5O5S. The maximum atomic E-state index is 14.2. The highest BCUT2D eigenvalue weighted by Gasteiger charge is 2.33. The number of aromatic hydroxyl groups is 1. The molecule has 0 aliphatic rings. The zero-order valence-electron chi connectivity index (χ0n) is 16.8. The molecule has 0 saturated carbocycles. The number of esters is 1. The first-order chi connectivity index (χ1) is 15.3. The van der Waals surface area contributed by atoms with Crippen molar-refractivity contribution in [1.29, 1.82) is 0 Å². The smallest absolute Gasteiger partial charge is 0.416 e. The molecule has 174 valence electrons. The molecule has 0 aliphatic heterocycles. The summed E-state index contributed by atoms with van der Waals surface area (Å²) < 4.78 is 98.3. The monoisotopic (exact) mass is 486 g/mol. The van der Waals surface area contributed by atoms with E-state index in [1.54, 1.807) is 0 Å². The summed E-state index contributed by atoms with van der Waals surface area (Å²) in [7, 11) is -3.37. The van der Waals surface area contributed by atoms with Crippen molar-refractivity contribution in [2.45, 2.75) is 16.8 Å². The second-order valence-electron chi connectivity index (χ2n) is 6.97. The third kappa shape index (κ3) is 5.30. The molecule has 0 atom stereocenters. The van der Waals surface area contributed by atoms with Crippen molar-refractivity contribution in [3.63, 3.8) is 0 Å². The summed E-state index contributed by atoms with van der Waals surface area (Å²) in [6.45, 7) is 0. The maximum absolute atomic E-state index is 14.2. The van der Waals surface area contributed by atoms with Gasteiger partial charge in [-0.2, -0.15) is 13.2 Å². The molecule has 0 fully saturated rings. The number of hydrogen-bond acceptors (Lipinski definition) is 5. The van der Waals surface area contributed by atoms with Crippen LogP contribution < -0.4 is 0 Å². The zero-order chi connectivity index (χ0) is 24.6. The average Bonchev–Trinajstić information content (AvgIpc) is 2.73. The number of sulfone groups is 1. The molecule has 0 spiro atoms. The molecule has 0 aromatic heterocycles. The number of phenols is 1. The lowest BCUT2D eigenvalue weighted by atomic mass is 10.0. The van der Waals surface area contributed by atoms with E-state index in [0.717, 1.165) is 31.4 Å². The molecular weight excluding hydrogens is 471 g/mol. The molecule has 0 bridgehead atoms. The van der Waals surface area contributed by atoms with Gasteiger partial charge in [0.25, 0.3) is 0 Å². The van der Waals surface area contributed by atoms with Crippen LogP contribution in [0.25, 0.3) is 11.1 Å². The minimum Gasteiger partial charge on any atom is -0.507 e. The molecule has 3 aromatic rings. The van der Waals surface area contributed by atoms with E-state index in [1.807, 2.05) is 0 Å². The molecule has 0 unspecified atom stereocenters. The van der Waals surface area contributed by atoms with Crippen molar-refractivity contribution in [1.82, 2.24) is 0 Å². The van der Waals surface area contributed by atoms with Crippen LogP contribution in [0, 0.1) is 11.6 Å². The van der Waals surface area contributed by atoms with Crippen LogP contribution >= 0.6 is 0 Å². The van der Waals surface area contributed by atoms with Gasteiger partial charge >= 0.3 is 12.1 Å². The first-order valence-electron chi connectivity index (χ1n) is 9.12. The molecule has 0 saturated heterocycles. The van der Waals surface area contributed by atoms with E-state index in [0.29, 0.717) is 24.3 Å². The van der Waals surface area contributed by atoms with Crippen LogP contribution in [-0.2, 0) is 26.5 Å². The van der Waals surface area contributed by atoms with Gasteiger partial charge < -0.3 is 9.84 Å². The average molecular weight is 486 g/mol. The first kappa shape index (κ1) is 24.2. The summed E-state index contributed by atoms with van der Waals surface area (Å²) in [4.78, 5) is 10.8. The van der Waals surface area contributed by atoms with Gasteiger partial charge in [-0.15, -0.1) is 0 Å². The largest absolute Gasteiger partial charge is 0.507 e. The summed E-state index contributed by atoms with van der Waals surface area (Å²) in [5, 5.41) is 9.94. The summed E-state index contributed by atoms with van der Waals surface area (Å²) in [5.74, 6) is -4.26. The van der Waals surface area contributed by atoms with Crippen LogP contribution in [0.3, 0.4) is 0 Å². The molecule has 0 amide bonds. The Labute approximate surface area is 185 Å². The van der Waals surface area contributed by atoms with Gasteiger partial charge in [-0.25, -0.2) is 22.0 Å². The number of carbonyl (C=O) groups is 1. The Bertz CT molecular complexity index is 1330. The highest BCUT2D eigenvalue weighted by Crippen LogP contribution is 2.36. The lowest BCUT2D eigenvalue weighted by Gasteiger charge is -2.14. The number of rotatable bonds is 5. The molecule has 1 N–H and O–H groups in total. The highest BCUT2D eigenvalue weighted by atomic mass is 32.2. The van der Waals surface area contributed by atoms with E-state index >= 15 is 0 Å². The maximum Gasteiger partial charge on any atom is 0.416 e. The minimum absolute atomic E-state index is 0.0314. The lowest BCUT2D eigenvalue weighted by Crippen LogP contribution is -2.11. The minimum atomic E-state index is -4.97. The van der Waals surface area contributed by atoms with Gasteiger partial charge in [-0.05, 0) is 59.7 Å². The van der Waals surface area contributed by atoms with E-state index in [4.69, 9.17) is 0 Å². The third-order valence-corrected chi connectivity index (χ3v) is 6.32. The van der Waals surface area contributed by atoms with E-state index in [-0.39, 0.29) is 11.1 Å². The zero-order valence-corrected chi connectivity index (χ0v) is 17.6. The Kier molecular flexibility index (Phi) is 6.46. The Morgan fingerprint density at radius 2 is 1.70 bits per heavy atom. The highest BCUT2D eigenvalue weighted by molar-refractivity contribution is 7.90. The summed E-state index contributed by atoms with van der Waals surface area (Å²) in [6, 6.07) is 7.11. The van der Waals surface area contributed by atoms with Gasteiger partial charge in [0.1, 0.15) is 22.9 Å². The van der Waals surface area contributed by atoms with Crippen LogP contribution in [0.2, 0.25) is 0 Å². The quantitative estimate of drug-likeness (QED) is 0.400. The fourth-order valence-corrected chi connectivity index (χ4v) is 4.47. The van der Waals surface area contributed by atoms with Crippen molar-refractivity contribution in [2.75, 3.05) is 7.11 Å². The van der Waals surface area contributed by atoms with Crippen LogP contribution in [0.15, 0.2) is 59.5 Å². The number of benzene rings is 3. The predicted molar refractivity (Wildman–Crippen MR) is 107 cm³/mol. The Morgan fingerprint density at radius 1 is 1.00 bits per heavy atom. The van der Waals surface area contributed by atoms with Crippen LogP contribution in [0.5, 0.6) is 5.75 Å². The Balaban J connectivity index is 2.10. The molecule has 0 radical (unpaired) electrons. The molecule has 0 heterocycles. The first-order valence-corrected chi connectivity index (χ1v) is 10.8. The third-order valence-electron chi connectivity index (χ3n) is 4.66. The normalized spacial score (nSPS) is 11.9. The van der Waals surface area contributed by atoms with Crippen LogP contribution in [-0.4, -0.2) is 26.6 Å². The fraction of sp³-hybridized carbons (Fsp3) is 0.136. The fourth-order valence-electron chi connectivity index (χ4n) is 3.07. The van der Waals surface area contributed by atoms with Crippen LogP contribution in [0.1, 0.15) is 21.5 Å². The SMILES string of the molecule is COC(=O)c1ccc(CS(=O)(=O)c2cc(-c3cc(F)ccc3F)cc(C(F)(F)F)c2)cc1O. The van der Waals surface area contributed by atoms with E-state index in [2.05, 4.69) is 4.74 Å². The summed E-state index contributed by atoms with van der Waals surface area (Å²) >= 11 is 0. The number of carbonyl (C=O) groups excluding carboxylic acids is 1.